The predicted molar refractivity (Wildman–Crippen MR) is 221 cm³/mol. The number of hydrogen-bond acceptors (Lipinski definition) is 8. The number of nitrogens with two attached hydrogens (primary N) is 2. The number of aromatic nitrogens is 1. The summed E-state index contributed by atoms with van der Waals surface area (Å²) in [4.78, 5) is 73.8. The van der Waals surface area contributed by atoms with Crippen molar-refractivity contribution in [3.05, 3.63) is 106 Å². The number of amides is 4. The number of carboxylic acid groups (broad SMARTS) is 1. The van der Waals surface area contributed by atoms with Crippen molar-refractivity contribution >= 4 is 62.6 Å². The third-order valence-electron chi connectivity index (χ3n) is 10.7. The molecule has 4 amide bonds. The molecule has 57 heavy (non-hydrogen) atoms. The van der Waals surface area contributed by atoms with Crippen molar-refractivity contribution in [2.45, 2.75) is 75.5 Å². The number of benzene rings is 3. The van der Waals surface area contributed by atoms with Gasteiger partial charge in [0.15, 0.2) is 0 Å². The van der Waals surface area contributed by atoms with Gasteiger partial charge in [0, 0.05) is 54.3 Å². The van der Waals surface area contributed by atoms with Gasteiger partial charge in [0.05, 0.1) is 12.0 Å². The number of nitrogens with one attached hydrogen (secondary N) is 4. The number of hydrogen-bond donors (Lipinski definition) is 7. The lowest BCUT2D eigenvalue weighted by molar-refractivity contribution is -0.146. The Morgan fingerprint density at radius 2 is 1.47 bits per heavy atom. The maximum atomic E-state index is 14.6. The zero-order chi connectivity index (χ0) is 40.3. The van der Waals surface area contributed by atoms with Crippen molar-refractivity contribution in [2.24, 2.45) is 17.4 Å². The number of nitrogens with zero attached hydrogens (tertiary/aromatic N) is 1. The maximum Gasteiger partial charge on any atom is 0.306 e. The molecule has 0 bridgehead atoms. The van der Waals surface area contributed by atoms with E-state index < -0.39 is 53.8 Å². The average Bonchev–Trinajstić information content (AvgIpc) is 3.90. The zero-order valence-corrected chi connectivity index (χ0v) is 32.6. The van der Waals surface area contributed by atoms with Crippen molar-refractivity contribution in [2.75, 3.05) is 19.6 Å². The fourth-order valence-electron chi connectivity index (χ4n) is 7.40. The topological polar surface area (TPSA) is 213 Å². The molecule has 1 saturated heterocycles. The molecule has 0 radical (unpaired) electrons. The summed E-state index contributed by atoms with van der Waals surface area (Å²) in [5, 5.41) is 23.1. The molecule has 0 unspecified atom stereocenters. The highest BCUT2D eigenvalue weighted by atomic mass is 32.1. The van der Waals surface area contributed by atoms with E-state index in [1.54, 1.807) is 11.1 Å². The highest BCUT2D eigenvalue weighted by Gasteiger charge is 2.35. The number of likely N-dealkylation sites (tertiary alicyclic amines) is 1. The van der Waals surface area contributed by atoms with Crippen molar-refractivity contribution < 1.29 is 29.1 Å². The van der Waals surface area contributed by atoms with Gasteiger partial charge in [-0.3, -0.25) is 24.0 Å². The Hall–Kier alpha value is -5.57. The summed E-state index contributed by atoms with van der Waals surface area (Å²) in [5.41, 5.74) is 14.3. The molecule has 1 aliphatic rings. The van der Waals surface area contributed by atoms with Crippen molar-refractivity contribution in [3.8, 4) is 0 Å². The van der Waals surface area contributed by atoms with Gasteiger partial charge in [0.25, 0.3) is 0 Å². The van der Waals surface area contributed by atoms with Gasteiger partial charge < -0.3 is 42.4 Å². The second-order valence-electron chi connectivity index (χ2n) is 14.7. The summed E-state index contributed by atoms with van der Waals surface area (Å²) in [6.07, 6.45) is 4.64. The first-order valence-electron chi connectivity index (χ1n) is 19.5. The summed E-state index contributed by atoms with van der Waals surface area (Å²) in [6.45, 7) is 0.970. The van der Waals surface area contributed by atoms with Gasteiger partial charge in [-0.15, -0.1) is 11.3 Å². The molecule has 300 valence electrons. The minimum absolute atomic E-state index is 0.0841. The van der Waals surface area contributed by atoms with Crippen LogP contribution in [0.2, 0.25) is 0 Å². The second-order valence-corrected chi connectivity index (χ2v) is 15.8. The molecule has 3 heterocycles. The van der Waals surface area contributed by atoms with E-state index in [0.29, 0.717) is 32.2 Å². The summed E-state index contributed by atoms with van der Waals surface area (Å²) in [5.74, 6) is -3.38. The normalized spacial score (nSPS) is 15.4. The average molecular weight is 794 g/mol. The highest BCUT2D eigenvalue weighted by Crippen LogP contribution is 2.23. The lowest BCUT2D eigenvalue weighted by atomic mass is 9.95. The first-order valence-corrected chi connectivity index (χ1v) is 20.4. The molecular formula is C43H51N7O6S. The second kappa shape index (κ2) is 19.5. The molecule has 2 aromatic heterocycles. The number of unbranched alkanes of at least 4 members (excludes halogenated alkanes) is 1. The molecule has 6 rings (SSSR count). The fraction of sp³-hybridized carbons (Fsp3) is 0.372. The number of carboxylic acids is 1. The monoisotopic (exact) mass is 793 g/mol. The SMILES string of the molecule is NCCCC[C@H](N)C(=O)N[C@@H](Cc1cccs1)C(=O)N[C@H](Cc1c[nH]c2ccccc12)C(=O)N[C@H](Cc1ccc2ccccc2c1)C(=O)N1CCC(C(=O)O)CC1. The van der Waals surface area contributed by atoms with E-state index in [9.17, 15) is 29.1 Å². The third-order valence-corrected chi connectivity index (χ3v) is 11.6. The van der Waals surface area contributed by atoms with Gasteiger partial charge in [0.2, 0.25) is 23.6 Å². The van der Waals surface area contributed by atoms with Crippen LogP contribution in [0.1, 0.15) is 48.1 Å². The number of aromatic amines is 1. The summed E-state index contributed by atoms with van der Waals surface area (Å²) < 4.78 is 0. The Labute approximate surface area is 335 Å². The van der Waals surface area contributed by atoms with E-state index >= 15 is 0 Å². The molecule has 0 aliphatic carbocycles. The number of rotatable bonds is 18. The van der Waals surface area contributed by atoms with Crippen LogP contribution in [-0.2, 0) is 43.2 Å². The Balaban J connectivity index is 1.28. The zero-order valence-electron chi connectivity index (χ0n) is 31.8. The van der Waals surface area contributed by atoms with Crippen LogP contribution in [-0.4, -0.2) is 88.4 Å². The molecule has 14 heteroatoms. The van der Waals surface area contributed by atoms with Crippen LogP contribution in [0.25, 0.3) is 21.7 Å². The molecule has 3 aromatic carbocycles. The summed E-state index contributed by atoms with van der Waals surface area (Å²) in [7, 11) is 0. The lowest BCUT2D eigenvalue weighted by Gasteiger charge is -2.33. The van der Waals surface area contributed by atoms with Crippen LogP contribution in [0.3, 0.4) is 0 Å². The maximum absolute atomic E-state index is 14.6. The number of para-hydroxylation sites is 1. The molecule has 0 saturated carbocycles. The smallest absolute Gasteiger partial charge is 0.306 e. The summed E-state index contributed by atoms with van der Waals surface area (Å²) >= 11 is 1.45. The number of carbonyl (C=O) groups is 5. The first kappa shape index (κ1) is 41.1. The fourth-order valence-corrected chi connectivity index (χ4v) is 8.15. The van der Waals surface area contributed by atoms with Gasteiger partial charge >= 0.3 is 5.97 Å². The molecule has 4 atom stereocenters. The van der Waals surface area contributed by atoms with E-state index in [-0.39, 0.29) is 38.3 Å². The molecule has 9 N–H and O–H groups in total. The number of piperidine rings is 1. The Morgan fingerprint density at radius 1 is 0.789 bits per heavy atom. The molecule has 13 nitrogen and oxygen atoms in total. The Kier molecular flexibility index (Phi) is 14.1. The van der Waals surface area contributed by atoms with Crippen LogP contribution in [0.4, 0.5) is 0 Å². The molecular weight excluding hydrogens is 743 g/mol. The van der Waals surface area contributed by atoms with Crippen LogP contribution in [0.15, 0.2) is 90.4 Å². The molecule has 0 spiro atoms. The van der Waals surface area contributed by atoms with E-state index in [4.69, 9.17) is 11.5 Å². The Morgan fingerprint density at radius 3 is 2.19 bits per heavy atom. The Bertz CT molecular complexity index is 2160. The highest BCUT2D eigenvalue weighted by molar-refractivity contribution is 7.09. The number of fused-ring (bicyclic) bond motifs is 2. The molecule has 5 aromatic rings. The molecule has 1 fully saturated rings. The van der Waals surface area contributed by atoms with E-state index in [1.807, 2.05) is 84.2 Å². The van der Waals surface area contributed by atoms with Gasteiger partial charge in [0.1, 0.15) is 18.1 Å². The van der Waals surface area contributed by atoms with Gasteiger partial charge in [-0.25, -0.2) is 0 Å². The predicted octanol–water partition coefficient (Wildman–Crippen LogP) is 3.64. The first-order chi connectivity index (χ1) is 27.6. The minimum Gasteiger partial charge on any atom is -0.481 e. The van der Waals surface area contributed by atoms with Crippen molar-refractivity contribution in [1.82, 2.24) is 25.8 Å². The van der Waals surface area contributed by atoms with Crippen molar-refractivity contribution in [3.63, 3.8) is 0 Å². The number of aliphatic carboxylic acids is 1. The van der Waals surface area contributed by atoms with Crippen LogP contribution in [0.5, 0.6) is 0 Å². The quantitative estimate of drug-likeness (QED) is 0.0650. The van der Waals surface area contributed by atoms with E-state index in [2.05, 4.69) is 20.9 Å². The minimum atomic E-state index is -1.15. The largest absolute Gasteiger partial charge is 0.481 e. The van der Waals surface area contributed by atoms with E-state index in [0.717, 1.165) is 44.1 Å². The summed E-state index contributed by atoms with van der Waals surface area (Å²) in [6, 6.07) is 21.1. The number of carbonyl (C=O) groups excluding carboxylic acids is 4. The van der Waals surface area contributed by atoms with Gasteiger partial charge in [-0.05, 0) is 71.6 Å². The van der Waals surface area contributed by atoms with Gasteiger partial charge in [-0.1, -0.05) is 73.2 Å². The lowest BCUT2D eigenvalue weighted by Crippen LogP contribution is -2.59. The number of H-pyrrole nitrogens is 1. The number of thiophene rings is 1. The van der Waals surface area contributed by atoms with E-state index in [1.165, 1.54) is 11.3 Å². The van der Waals surface area contributed by atoms with Gasteiger partial charge in [-0.2, -0.15) is 0 Å². The third kappa shape index (κ3) is 10.8. The standard InChI is InChI=1S/C43H51N7O6S/c44-18-6-5-12-34(45)39(51)47-37(25-32-10-7-21-57-32)41(53)48-36(24-31-26-46-35-13-4-3-11-33(31)35)40(52)49-38(42(54)50-19-16-29(17-20-50)43(55)56)23-27-14-15-28-8-1-2-9-30(28)22-27/h1-4,7-11,13-15,21-22,26,29,34,36-38,46H,5-6,12,16-20,23-25,44-45H2,(H,47,51)(H,48,53)(H,49,52)(H,55,56)/t34-,36+,37-,38+/m0/s1. The molecule has 1 aliphatic heterocycles. The van der Waals surface area contributed by atoms with Crippen molar-refractivity contribution in [1.29, 1.82) is 0 Å². The van der Waals surface area contributed by atoms with Crippen LogP contribution < -0.4 is 27.4 Å². The van der Waals surface area contributed by atoms with Crippen LogP contribution in [0, 0.1) is 5.92 Å². The van der Waals surface area contributed by atoms with Crippen LogP contribution >= 0.6 is 11.3 Å².